The van der Waals surface area contributed by atoms with Gasteiger partial charge in [-0.1, -0.05) is 27.2 Å². The van der Waals surface area contributed by atoms with Gasteiger partial charge in [-0.2, -0.15) is 0 Å². The van der Waals surface area contributed by atoms with Crippen LogP contribution in [0.3, 0.4) is 0 Å². The minimum absolute atomic E-state index is 0.315. The molecule has 0 amide bonds. The topological polar surface area (TPSA) is 49.2 Å². The molecule has 3 aromatic rings. The second-order valence-electron chi connectivity index (χ2n) is 8.09. The summed E-state index contributed by atoms with van der Waals surface area (Å²) >= 11 is 0. The first kappa shape index (κ1) is 21.3. The number of fused-ring (bicyclic) bond motifs is 1. The zero-order chi connectivity index (χ0) is 21.1. The Kier molecular flexibility index (Phi) is 6.58. The highest BCUT2D eigenvalue weighted by atomic mass is 16.5. The fourth-order valence-corrected chi connectivity index (χ4v) is 3.94. The Morgan fingerprint density at radius 1 is 1.07 bits per heavy atom. The highest BCUT2D eigenvalue weighted by Gasteiger charge is 2.19. The molecule has 0 aliphatic rings. The van der Waals surface area contributed by atoms with E-state index in [4.69, 9.17) is 19.4 Å². The molecule has 1 atom stereocenters. The first-order valence-electron chi connectivity index (χ1n) is 10.4. The van der Waals surface area contributed by atoms with E-state index in [0.717, 1.165) is 46.4 Å². The fraction of sp³-hybridized carbons (Fsp3) is 0.500. The van der Waals surface area contributed by atoms with Gasteiger partial charge in [0, 0.05) is 19.0 Å². The van der Waals surface area contributed by atoms with Crippen LogP contribution < -0.4 is 4.74 Å². The number of aromatic nitrogens is 3. The molecular weight excluding hydrogens is 362 g/mol. The van der Waals surface area contributed by atoms with Crippen molar-refractivity contribution in [2.75, 3.05) is 20.8 Å². The zero-order valence-corrected chi connectivity index (χ0v) is 18.7. The van der Waals surface area contributed by atoms with E-state index < -0.39 is 0 Å². The molecule has 0 saturated carbocycles. The molecule has 3 rings (SSSR count). The van der Waals surface area contributed by atoms with E-state index in [1.165, 1.54) is 5.56 Å². The van der Waals surface area contributed by atoms with Crippen LogP contribution in [0.4, 0.5) is 0 Å². The number of nitrogens with zero attached hydrogens (tertiary/aromatic N) is 3. The monoisotopic (exact) mass is 395 g/mol. The molecule has 0 aromatic carbocycles. The molecule has 0 spiro atoms. The predicted octanol–water partition coefficient (Wildman–Crippen LogP) is 5.83. The quantitative estimate of drug-likeness (QED) is 0.481. The third kappa shape index (κ3) is 4.15. The van der Waals surface area contributed by atoms with E-state index in [0.29, 0.717) is 24.4 Å². The summed E-state index contributed by atoms with van der Waals surface area (Å²) in [6, 6.07) is 6.70. The Hall–Kier alpha value is -2.40. The minimum atomic E-state index is 0.315. The molecule has 5 nitrogen and oxygen atoms in total. The van der Waals surface area contributed by atoms with Crippen molar-refractivity contribution in [1.82, 2.24) is 14.5 Å². The van der Waals surface area contributed by atoms with Gasteiger partial charge in [0.25, 0.3) is 0 Å². The van der Waals surface area contributed by atoms with Crippen molar-refractivity contribution in [3.63, 3.8) is 0 Å². The summed E-state index contributed by atoms with van der Waals surface area (Å²) in [5.74, 6) is 0.980. The van der Waals surface area contributed by atoms with E-state index >= 15 is 0 Å². The lowest BCUT2D eigenvalue weighted by molar-refractivity contribution is 0.152. The maximum absolute atomic E-state index is 5.62. The number of pyridine rings is 2. The molecule has 5 heteroatoms. The summed E-state index contributed by atoms with van der Waals surface area (Å²) in [7, 11) is 3.44. The molecule has 3 heterocycles. The van der Waals surface area contributed by atoms with Gasteiger partial charge in [-0.15, -0.1) is 0 Å². The van der Waals surface area contributed by atoms with Crippen molar-refractivity contribution >= 4 is 11.0 Å². The molecule has 0 fully saturated rings. The van der Waals surface area contributed by atoms with Gasteiger partial charge in [-0.25, -0.2) is 9.97 Å². The van der Waals surface area contributed by atoms with Crippen molar-refractivity contribution in [2.45, 2.75) is 59.4 Å². The van der Waals surface area contributed by atoms with Gasteiger partial charge in [-0.3, -0.25) is 0 Å². The minimum Gasteiger partial charge on any atom is -0.480 e. The highest BCUT2D eigenvalue weighted by Crippen LogP contribution is 2.34. The van der Waals surface area contributed by atoms with Crippen molar-refractivity contribution in [3.05, 3.63) is 41.2 Å². The third-order valence-electron chi connectivity index (χ3n) is 5.47. The zero-order valence-electron chi connectivity index (χ0n) is 18.7. The van der Waals surface area contributed by atoms with Crippen LogP contribution in [-0.4, -0.2) is 35.4 Å². The second-order valence-corrected chi connectivity index (χ2v) is 8.09. The molecule has 0 bridgehead atoms. The van der Waals surface area contributed by atoms with Gasteiger partial charge in [0.05, 0.1) is 42.0 Å². The lowest BCUT2D eigenvalue weighted by Gasteiger charge is -2.19. The van der Waals surface area contributed by atoms with Crippen molar-refractivity contribution < 1.29 is 9.47 Å². The Morgan fingerprint density at radius 3 is 2.45 bits per heavy atom. The standard InChI is InChI=1S/C24H33N3O2/c1-8-9-18(14-28-6)27-13-17(5)23-21(27)12-16(4)22(26-23)19-10-11-20(15(2)3)25-24(19)29-7/h10-13,15,18H,8-9,14H2,1-7H3/t18-/m1/s1. The number of hydrogen-bond acceptors (Lipinski definition) is 4. The Balaban J connectivity index is 2.15. The van der Waals surface area contributed by atoms with Crippen molar-refractivity contribution in [3.8, 4) is 17.1 Å². The van der Waals surface area contributed by atoms with Crippen LogP contribution in [0.5, 0.6) is 5.88 Å². The van der Waals surface area contributed by atoms with E-state index in [1.807, 2.05) is 0 Å². The summed E-state index contributed by atoms with van der Waals surface area (Å²) in [6.07, 6.45) is 4.39. The van der Waals surface area contributed by atoms with Gasteiger partial charge in [-0.05, 0) is 55.5 Å². The van der Waals surface area contributed by atoms with Gasteiger partial charge in [0.2, 0.25) is 5.88 Å². The van der Waals surface area contributed by atoms with E-state index in [2.05, 4.69) is 63.6 Å². The van der Waals surface area contributed by atoms with Gasteiger partial charge >= 0.3 is 0 Å². The molecular formula is C24H33N3O2. The van der Waals surface area contributed by atoms with Crippen LogP contribution in [0, 0.1) is 13.8 Å². The second kappa shape index (κ2) is 8.95. The number of hydrogen-bond donors (Lipinski definition) is 0. The van der Waals surface area contributed by atoms with Crippen LogP contribution in [-0.2, 0) is 4.74 Å². The lowest BCUT2D eigenvalue weighted by Crippen LogP contribution is -2.13. The van der Waals surface area contributed by atoms with Gasteiger partial charge in [0.15, 0.2) is 0 Å². The predicted molar refractivity (Wildman–Crippen MR) is 119 cm³/mol. The smallest absolute Gasteiger partial charge is 0.222 e. The summed E-state index contributed by atoms with van der Waals surface area (Å²) in [5, 5.41) is 0. The summed E-state index contributed by atoms with van der Waals surface area (Å²) in [6.45, 7) is 11.4. The van der Waals surface area contributed by atoms with Gasteiger partial charge in [0.1, 0.15) is 0 Å². The first-order valence-corrected chi connectivity index (χ1v) is 10.4. The molecule has 0 radical (unpaired) electrons. The normalized spacial score (nSPS) is 12.7. The molecule has 0 aliphatic carbocycles. The van der Waals surface area contributed by atoms with Crippen molar-refractivity contribution in [1.29, 1.82) is 0 Å². The Morgan fingerprint density at radius 2 is 1.83 bits per heavy atom. The highest BCUT2D eigenvalue weighted by molar-refractivity contribution is 5.85. The molecule has 0 aliphatic heterocycles. The maximum Gasteiger partial charge on any atom is 0.222 e. The number of methoxy groups -OCH3 is 2. The number of ether oxygens (including phenoxy) is 2. The summed E-state index contributed by atoms with van der Waals surface area (Å²) in [4.78, 5) is 9.78. The molecule has 3 aromatic heterocycles. The summed E-state index contributed by atoms with van der Waals surface area (Å²) in [5.41, 5.74) is 7.35. The van der Waals surface area contributed by atoms with Crippen LogP contribution in [0.25, 0.3) is 22.3 Å². The molecule has 0 unspecified atom stereocenters. The third-order valence-corrected chi connectivity index (χ3v) is 5.47. The molecule has 156 valence electrons. The van der Waals surface area contributed by atoms with E-state index in [-0.39, 0.29) is 0 Å². The Labute approximate surface area is 174 Å². The van der Waals surface area contributed by atoms with Crippen LogP contribution >= 0.6 is 0 Å². The molecule has 29 heavy (non-hydrogen) atoms. The van der Waals surface area contributed by atoms with Gasteiger partial charge < -0.3 is 14.0 Å². The Bertz CT molecular complexity index is 985. The maximum atomic E-state index is 5.62. The first-order chi connectivity index (χ1) is 13.9. The summed E-state index contributed by atoms with van der Waals surface area (Å²) < 4.78 is 13.4. The lowest BCUT2D eigenvalue weighted by atomic mass is 10.0. The molecule has 0 N–H and O–H groups in total. The van der Waals surface area contributed by atoms with Crippen LogP contribution in [0.2, 0.25) is 0 Å². The average molecular weight is 396 g/mol. The number of rotatable bonds is 8. The fourth-order valence-electron chi connectivity index (χ4n) is 3.94. The molecule has 0 saturated heterocycles. The van der Waals surface area contributed by atoms with Crippen LogP contribution in [0.15, 0.2) is 24.4 Å². The van der Waals surface area contributed by atoms with Crippen LogP contribution in [0.1, 0.15) is 62.4 Å². The largest absolute Gasteiger partial charge is 0.480 e. The SMILES string of the molecule is CCC[C@H](COC)n1cc(C)c2nc(-c3ccc(C(C)C)nc3OC)c(C)cc21. The number of aryl methyl sites for hydroxylation is 2. The van der Waals surface area contributed by atoms with E-state index in [1.54, 1.807) is 14.2 Å². The average Bonchev–Trinajstić information content (AvgIpc) is 3.02. The van der Waals surface area contributed by atoms with E-state index in [9.17, 15) is 0 Å². The van der Waals surface area contributed by atoms with Crippen molar-refractivity contribution in [2.24, 2.45) is 0 Å².